The number of aryl methyl sites for hydroxylation is 1. The molecule has 3 heterocycles. The fourth-order valence-corrected chi connectivity index (χ4v) is 3.95. The summed E-state index contributed by atoms with van der Waals surface area (Å²) in [6, 6.07) is 4.83. The van der Waals surface area contributed by atoms with Crippen LogP contribution in [0.2, 0.25) is 0 Å². The molecule has 1 N–H and O–H groups in total. The van der Waals surface area contributed by atoms with Gasteiger partial charge in [0.05, 0.1) is 12.6 Å². The predicted octanol–water partition coefficient (Wildman–Crippen LogP) is 2.26. The molecular formula is C17H18N4O4S. The van der Waals surface area contributed by atoms with Gasteiger partial charge in [-0.1, -0.05) is 11.8 Å². The van der Waals surface area contributed by atoms with Gasteiger partial charge in [-0.2, -0.15) is 0 Å². The summed E-state index contributed by atoms with van der Waals surface area (Å²) in [7, 11) is 0. The Bertz CT molecular complexity index is 994. The topological polar surface area (TPSA) is 103 Å². The van der Waals surface area contributed by atoms with Gasteiger partial charge in [-0.25, -0.2) is 9.48 Å². The Morgan fingerprint density at radius 3 is 3.12 bits per heavy atom. The number of ether oxygens (including phenoxy) is 1. The van der Waals surface area contributed by atoms with E-state index in [0.717, 1.165) is 30.4 Å². The first-order chi connectivity index (χ1) is 12.6. The summed E-state index contributed by atoms with van der Waals surface area (Å²) >= 11 is 1.45. The maximum absolute atomic E-state index is 11.9. The summed E-state index contributed by atoms with van der Waals surface area (Å²) in [6.07, 6.45) is 2.22. The van der Waals surface area contributed by atoms with Crippen molar-refractivity contribution >= 4 is 22.7 Å². The van der Waals surface area contributed by atoms with Crippen molar-refractivity contribution in [1.82, 2.24) is 20.2 Å². The second kappa shape index (κ2) is 7.08. The van der Waals surface area contributed by atoms with Crippen molar-refractivity contribution in [3.05, 3.63) is 39.7 Å². The van der Waals surface area contributed by atoms with E-state index in [1.807, 2.05) is 0 Å². The molecule has 1 unspecified atom stereocenters. The number of hydrogen-bond acceptors (Lipinski definition) is 8. The van der Waals surface area contributed by atoms with Crippen molar-refractivity contribution in [3.8, 4) is 5.75 Å². The van der Waals surface area contributed by atoms with E-state index < -0.39 is 5.63 Å². The molecule has 0 amide bonds. The Morgan fingerprint density at radius 2 is 2.31 bits per heavy atom. The number of benzene rings is 1. The number of phenolic OH excluding ortho intramolecular Hbond substituents is 1. The molecule has 4 rings (SSSR count). The average molecular weight is 374 g/mol. The number of aromatic hydroxyl groups is 1. The quantitative estimate of drug-likeness (QED) is 0.536. The highest BCUT2D eigenvalue weighted by Gasteiger charge is 2.19. The summed E-state index contributed by atoms with van der Waals surface area (Å²) < 4.78 is 12.7. The highest BCUT2D eigenvalue weighted by molar-refractivity contribution is 7.98. The minimum atomic E-state index is -0.444. The standard InChI is InChI=1S/C17H18N4O4S/c1-10-14(22)5-4-13-11(7-15(23)25-16(10)13)9-26-17-18-19-20-21(17)8-12-3-2-6-24-12/h4-5,7,12,22H,2-3,6,8-9H2,1H3. The van der Waals surface area contributed by atoms with E-state index in [9.17, 15) is 9.90 Å². The number of aromatic nitrogens is 4. The Kier molecular flexibility index (Phi) is 4.64. The minimum Gasteiger partial charge on any atom is -0.508 e. The molecule has 1 atom stereocenters. The Balaban J connectivity index is 1.58. The molecule has 136 valence electrons. The average Bonchev–Trinajstić information content (AvgIpc) is 3.29. The highest BCUT2D eigenvalue weighted by Crippen LogP contribution is 2.30. The van der Waals surface area contributed by atoms with E-state index in [0.29, 0.717) is 28.6 Å². The third kappa shape index (κ3) is 3.32. The summed E-state index contributed by atoms with van der Waals surface area (Å²) in [5.41, 5.74) is 1.33. The van der Waals surface area contributed by atoms with Crippen LogP contribution < -0.4 is 5.63 Å². The zero-order chi connectivity index (χ0) is 18.1. The SMILES string of the molecule is Cc1c(O)ccc2c(CSc3nnnn3CC3CCCO3)cc(=O)oc12. The van der Waals surface area contributed by atoms with Gasteiger partial charge in [0.15, 0.2) is 0 Å². The van der Waals surface area contributed by atoms with Crippen molar-refractivity contribution in [2.45, 2.75) is 43.3 Å². The first kappa shape index (κ1) is 17.0. The zero-order valence-electron chi connectivity index (χ0n) is 14.2. The minimum absolute atomic E-state index is 0.103. The van der Waals surface area contributed by atoms with Crippen molar-refractivity contribution in [2.75, 3.05) is 6.61 Å². The van der Waals surface area contributed by atoms with Crippen molar-refractivity contribution < 1.29 is 14.3 Å². The second-order valence-corrected chi connectivity index (χ2v) is 7.19. The normalized spacial score (nSPS) is 17.2. The molecule has 26 heavy (non-hydrogen) atoms. The number of tetrazole rings is 1. The molecule has 0 bridgehead atoms. The lowest BCUT2D eigenvalue weighted by atomic mass is 10.1. The fourth-order valence-electron chi connectivity index (χ4n) is 3.07. The third-order valence-corrected chi connectivity index (χ3v) is 5.48. The van der Waals surface area contributed by atoms with Crippen LogP contribution >= 0.6 is 11.8 Å². The first-order valence-corrected chi connectivity index (χ1v) is 9.36. The first-order valence-electron chi connectivity index (χ1n) is 8.37. The summed E-state index contributed by atoms with van der Waals surface area (Å²) in [6.45, 7) is 3.13. The number of rotatable bonds is 5. The molecule has 0 radical (unpaired) electrons. The molecule has 1 aliphatic rings. The molecule has 1 fully saturated rings. The molecule has 8 nitrogen and oxygen atoms in total. The molecule has 1 aromatic carbocycles. The maximum atomic E-state index is 11.9. The van der Waals surface area contributed by atoms with Gasteiger partial charge in [0, 0.05) is 29.4 Å². The summed E-state index contributed by atoms with van der Waals surface area (Å²) in [5.74, 6) is 0.615. The summed E-state index contributed by atoms with van der Waals surface area (Å²) in [4.78, 5) is 11.9. The number of thioether (sulfide) groups is 1. The van der Waals surface area contributed by atoms with Crippen molar-refractivity contribution in [2.24, 2.45) is 0 Å². The van der Waals surface area contributed by atoms with E-state index in [1.165, 1.54) is 17.8 Å². The van der Waals surface area contributed by atoms with Gasteiger partial charge in [-0.3, -0.25) is 0 Å². The molecule has 1 saturated heterocycles. The zero-order valence-corrected chi connectivity index (χ0v) is 15.0. The third-order valence-electron chi connectivity index (χ3n) is 4.47. The predicted molar refractivity (Wildman–Crippen MR) is 95.2 cm³/mol. The van der Waals surface area contributed by atoms with Gasteiger partial charge in [0.2, 0.25) is 5.16 Å². The molecular weight excluding hydrogens is 356 g/mol. The van der Waals surface area contributed by atoms with Crippen LogP contribution in [-0.4, -0.2) is 38.0 Å². The smallest absolute Gasteiger partial charge is 0.336 e. The van der Waals surface area contributed by atoms with Crippen LogP contribution in [0.1, 0.15) is 24.0 Å². The van der Waals surface area contributed by atoms with Crippen molar-refractivity contribution in [1.29, 1.82) is 0 Å². The van der Waals surface area contributed by atoms with Gasteiger partial charge < -0.3 is 14.3 Å². The van der Waals surface area contributed by atoms with Gasteiger partial charge in [0.1, 0.15) is 11.3 Å². The molecule has 1 aliphatic heterocycles. The lowest BCUT2D eigenvalue weighted by Gasteiger charge is -2.10. The lowest BCUT2D eigenvalue weighted by Crippen LogP contribution is -2.16. The van der Waals surface area contributed by atoms with E-state index in [1.54, 1.807) is 23.7 Å². The lowest BCUT2D eigenvalue weighted by molar-refractivity contribution is 0.0912. The molecule has 0 saturated carbocycles. The van der Waals surface area contributed by atoms with Crippen molar-refractivity contribution in [3.63, 3.8) is 0 Å². The van der Waals surface area contributed by atoms with Crippen LogP contribution in [0.4, 0.5) is 0 Å². The fraction of sp³-hybridized carbons (Fsp3) is 0.412. The van der Waals surface area contributed by atoms with E-state index in [2.05, 4.69) is 15.5 Å². The Hall–Kier alpha value is -2.39. The van der Waals surface area contributed by atoms with Crippen LogP contribution in [0, 0.1) is 6.92 Å². The molecule has 3 aromatic rings. The van der Waals surface area contributed by atoms with Gasteiger partial charge in [0.25, 0.3) is 0 Å². The number of phenols is 1. The molecule has 0 aliphatic carbocycles. The number of hydrogen-bond donors (Lipinski definition) is 1. The van der Waals surface area contributed by atoms with Crippen LogP contribution in [0.5, 0.6) is 5.75 Å². The van der Waals surface area contributed by atoms with Crippen LogP contribution in [0.15, 0.2) is 32.6 Å². The molecule has 2 aromatic heterocycles. The monoisotopic (exact) mass is 374 g/mol. The molecule has 0 spiro atoms. The van der Waals surface area contributed by atoms with Gasteiger partial charge in [-0.05, 0) is 47.9 Å². The maximum Gasteiger partial charge on any atom is 0.336 e. The number of nitrogens with zero attached hydrogens (tertiary/aromatic N) is 4. The highest BCUT2D eigenvalue weighted by atomic mass is 32.2. The number of fused-ring (bicyclic) bond motifs is 1. The summed E-state index contributed by atoms with van der Waals surface area (Å²) in [5, 5.41) is 23.2. The van der Waals surface area contributed by atoms with Crippen LogP contribution in [0.3, 0.4) is 0 Å². The molecule has 9 heteroatoms. The van der Waals surface area contributed by atoms with Gasteiger partial charge >= 0.3 is 5.63 Å². The van der Waals surface area contributed by atoms with E-state index in [-0.39, 0.29) is 11.9 Å². The second-order valence-electron chi connectivity index (χ2n) is 6.24. The van der Waals surface area contributed by atoms with Gasteiger partial charge in [-0.15, -0.1) is 5.10 Å². The Labute approximate surface area is 153 Å². The Morgan fingerprint density at radius 1 is 1.42 bits per heavy atom. The van der Waals surface area contributed by atoms with Crippen LogP contribution in [-0.2, 0) is 17.0 Å². The largest absolute Gasteiger partial charge is 0.508 e. The van der Waals surface area contributed by atoms with E-state index in [4.69, 9.17) is 9.15 Å². The van der Waals surface area contributed by atoms with Crippen LogP contribution in [0.25, 0.3) is 11.0 Å². The van der Waals surface area contributed by atoms with E-state index >= 15 is 0 Å².